The van der Waals surface area contributed by atoms with Crippen LogP contribution in [-0.2, 0) is 8.85 Å². The van der Waals surface area contributed by atoms with E-state index in [0.29, 0.717) is 0 Å². The largest absolute Gasteiger partial charge is 0.397 e. The molecular formula is C8H21NO2Si. The van der Waals surface area contributed by atoms with Gasteiger partial charge in [0.2, 0.25) is 0 Å². The molecule has 0 spiro atoms. The second kappa shape index (κ2) is 9.19. The van der Waals surface area contributed by atoms with Crippen LogP contribution in [0.3, 0.4) is 0 Å². The summed E-state index contributed by atoms with van der Waals surface area (Å²) in [5.41, 5.74) is 5.40. The van der Waals surface area contributed by atoms with Gasteiger partial charge in [0.1, 0.15) is 0 Å². The minimum atomic E-state index is -1.32. The average Bonchev–Trinajstić information content (AvgIpc) is 2.06. The van der Waals surface area contributed by atoms with Gasteiger partial charge in [0.25, 0.3) is 0 Å². The van der Waals surface area contributed by atoms with Gasteiger partial charge in [-0.1, -0.05) is 6.42 Å². The topological polar surface area (TPSA) is 44.5 Å². The summed E-state index contributed by atoms with van der Waals surface area (Å²) in [5.74, 6) is 0. The zero-order chi connectivity index (χ0) is 9.23. The van der Waals surface area contributed by atoms with Crippen molar-refractivity contribution in [1.29, 1.82) is 0 Å². The molecule has 2 N–H and O–H groups in total. The zero-order valence-electron chi connectivity index (χ0n) is 8.21. The molecule has 0 saturated carbocycles. The van der Waals surface area contributed by atoms with Crippen molar-refractivity contribution >= 4 is 9.28 Å². The second-order valence-corrected chi connectivity index (χ2v) is 4.73. The Morgan fingerprint density at radius 1 is 1.08 bits per heavy atom. The summed E-state index contributed by atoms with van der Waals surface area (Å²) in [6.45, 7) is 6.36. The van der Waals surface area contributed by atoms with Gasteiger partial charge in [0, 0.05) is 13.2 Å². The molecule has 3 nitrogen and oxygen atoms in total. The van der Waals surface area contributed by atoms with Crippen LogP contribution in [0.4, 0.5) is 0 Å². The number of rotatable bonds is 8. The van der Waals surface area contributed by atoms with Crippen molar-refractivity contribution in [3.63, 3.8) is 0 Å². The number of unbranched alkanes of at least 4 members (excludes halogenated alkanes) is 1. The highest BCUT2D eigenvalue weighted by molar-refractivity contribution is 6.44. The Morgan fingerprint density at radius 3 is 2.08 bits per heavy atom. The molecule has 0 aliphatic carbocycles. The second-order valence-electron chi connectivity index (χ2n) is 2.62. The van der Waals surface area contributed by atoms with Crippen LogP contribution >= 0.6 is 0 Å². The average molecular weight is 191 g/mol. The minimum Gasteiger partial charge on any atom is -0.397 e. The highest BCUT2D eigenvalue weighted by Crippen LogP contribution is 2.03. The first-order valence-electron chi connectivity index (χ1n) is 4.78. The summed E-state index contributed by atoms with van der Waals surface area (Å²) in [4.78, 5) is 0. The Balaban J connectivity index is 3.34. The molecule has 74 valence electrons. The lowest BCUT2D eigenvalue weighted by Crippen LogP contribution is -2.22. The molecule has 0 aromatic carbocycles. The van der Waals surface area contributed by atoms with Crippen LogP contribution in [0, 0.1) is 0 Å². The lowest BCUT2D eigenvalue weighted by molar-refractivity contribution is 0.212. The molecule has 0 atom stereocenters. The molecule has 0 radical (unpaired) electrons. The van der Waals surface area contributed by atoms with Crippen LogP contribution < -0.4 is 5.73 Å². The van der Waals surface area contributed by atoms with Crippen LogP contribution in [0.2, 0.25) is 6.04 Å². The zero-order valence-corrected chi connectivity index (χ0v) is 9.37. The quantitative estimate of drug-likeness (QED) is 0.460. The molecular weight excluding hydrogens is 170 g/mol. The van der Waals surface area contributed by atoms with Crippen LogP contribution in [-0.4, -0.2) is 29.0 Å². The summed E-state index contributed by atoms with van der Waals surface area (Å²) < 4.78 is 11.0. The molecule has 0 aliphatic rings. The van der Waals surface area contributed by atoms with Crippen molar-refractivity contribution in [2.24, 2.45) is 5.73 Å². The fourth-order valence-corrected chi connectivity index (χ4v) is 2.84. The molecule has 0 saturated heterocycles. The van der Waals surface area contributed by atoms with E-state index in [-0.39, 0.29) is 0 Å². The molecule has 0 rings (SSSR count). The molecule has 0 amide bonds. The van der Waals surface area contributed by atoms with Crippen molar-refractivity contribution in [2.45, 2.75) is 32.7 Å². The lowest BCUT2D eigenvalue weighted by Gasteiger charge is -2.13. The summed E-state index contributed by atoms with van der Waals surface area (Å²) in [6.07, 6.45) is 2.23. The standard InChI is InChI=1S/C8H21NO2Si/c1-3-10-12(11-4-2)8-6-5-7-9/h12H,3-9H2,1-2H3. The summed E-state index contributed by atoms with van der Waals surface area (Å²) in [5, 5.41) is 0. The van der Waals surface area contributed by atoms with Crippen molar-refractivity contribution in [1.82, 2.24) is 0 Å². The Morgan fingerprint density at radius 2 is 1.67 bits per heavy atom. The summed E-state index contributed by atoms with van der Waals surface area (Å²) in [7, 11) is -1.32. The van der Waals surface area contributed by atoms with E-state index < -0.39 is 9.28 Å². The van der Waals surface area contributed by atoms with Gasteiger partial charge in [-0.3, -0.25) is 0 Å². The van der Waals surface area contributed by atoms with E-state index >= 15 is 0 Å². The molecule has 12 heavy (non-hydrogen) atoms. The predicted molar refractivity (Wildman–Crippen MR) is 53.5 cm³/mol. The molecule has 0 unspecified atom stereocenters. The van der Waals surface area contributed by atoms with Crippen LogP contribution in [0.15, 0.2) is 0 Å². The first-order chi connectivity index (χ1) is 5.85. The van der Waals surface area contributed by atoms with Gasteiger partial charge in [-0.2, -0.15) is 0 Å². The number of hydrogen-bond acceptors (Lipinski definition) is 3. The van der Waals surface area contributed by atoms with Crippen molar-refractivity contribution < 1.29 is 8.85 Å². The number of nitrogens with two attached hydrogens (primary N) is 1. The van der Waals surface area contributed by atoms with Crippen molar-refractivity contribution in [2.75, 3.05) is 19.8 Å². The lowest BCUT2D eigenvalue weighted by atomic mass is 10.3. The van der Waals surface area contributed by atoms with E-state index in [0.717, 1.165) is 38.6 Å². The molecule has 0 aromatic heterocycles. The number of hydrogen-bond donors (Lipinski definition) is 1. The monoisotopic (exact) mass is 191 g/mol. The Hall–Kier alpha value is 0.0969. The molecule has 0 fully saturated rings. The first-order valence-corrected chi connectivity index (χ1v) is 6.54. The fraction of sp³-hybridized carbons (Fsp3) is 1.00. The van der Waals surface area contributed by atoms with Crippen molar-refractivity contribution in [3.8, 4) is 0 Å². The predicted octanol–water partition coefficient (Wildman–Crippen LogP) is 1.02. The molecule has 4 heteroatoms. The molecule has 0 aliphatic heterocycles. The van der Waals surface area contributed by atoms with Crippen LogP contribution in [0.5, 0.6) is 0 Å². The maximum Gasteiger partial charge on any atom is 0.321 e. The van der Waals surface area contributed by atoms with E-state index in [1.807, 2.05) is 13.8 Å². The highest BCUT2D eigenvalue weighted by atomic mass is 28.3. The van der Waals surface area contributed by atoms with Gasteiger partial charge in [0.15, 0.2) is 0 Å². The van der Waals surface area contributed by atoms with Gasteiger partial charge in [0.05, 0.1) is 0 Å². The fourth-order valence-electron chi connectivity index (χ4n) is 1.04. The first kappa shape index (κ1) is 12.1. The summed E-state index contributed by atoms with van der Waals surface area (Å²) in [6, 6.07) is 1.10. The third-order valence-electron chi connectivity index (χ3n) is 1.60. The Bertz CT molecular complexity index is 87.1. The third kappa shape index (κ3) is 6.79. The van der Waals surface area contributed by atoms with Gasteiger partial charge >= 0.3 is 9.28 Å². The normalized spacial score (nSPS) is 11.0. The van der Waals surface area contributed by atoms with Crippen LogP contribution in [0.1, 0.15) is 26.7 Å². The Kier molecular flexibility index (Phi) is 9.26. The third-order valence-corrected chi connectivity index (χ3v) is 3.89. The van der Waals surface area contributed by atoms with Crippen molar-refractivity contribution in [3.05, 3.63) is 0 Å². The smallest absolute Gasteiger partial charge is 0.321 e. The van der Waals surface area contributed by atoms with E-state index in [1.165, 1.54) is 0 Å². The Labute approximate surface area is 77.1 Å². The maximum atomic E-state index is 5.50. The van der Waals surface area contributed by atoms with Gasteiger partial charge in [-0.05, 0) is 32.9 Å². The van der Waals surface area contributed by atoms with E-state index in [1.54, 1.807) is 0 Å². The van der Waals surface area contributed by atoms with Gasteiger partial charge < -0.3 is 14.6 Å². The molecule has 0 heterocycles. The molecule has 0 aromatic rings. The molecule has 0 bridgehead atoms. The highest BCUT2D eigenvalue weighted by Gasteiger charge is 2.10. The van der Waals surface area contributed by atoms with E-state index in [4.69, 9.17) is 14.6 Å². The van der Waals surface area contributed by atoms with Crippen LogP contribution in [0.25, 0.3) is 0 Å². The van der Waals surface area contributed by atoms with Gasteiger partial charge in [-0.25, -0.2) is 0 Å². The van der Waals surface area contributed by atoms with E-state index in [2.05, 4.69) is 0 Å². The minimum absolute atomic E-state index is 0.777. The van der Waals surface area contributed by atoms with Gasteiger partial charge in [-0.15, -0.1) is 0 Å². The SMILES string of the molecule is CCO[SiH](CCCCN)OCC. The summed E-state index contributed by atoms with van der Waals surface area (Å²) >= 11 is 0. The van der Waals surface area contributed by atoms with E-state index in [9.17, 15) is 0 Å². The maximum absolute atomic E-state index is 5.50.